The lowest BCUT2D eigenvalue weighted by molar-refractivity contribution is 0.464. The Morgan fingerprint density at radius 2 is 1.95 bits per heavy atom. The molecule has 0 spiro atoms. The van der Waals surface area contributed by atoms with E-state index in [9.17, 15) is 4.39 Å². The van der Waals surface area contributed by atoms with Gasteiger partial charge >= 0.3 is 0 Å². The molecule has 4 heteroatoms. The van der Waals surface area contributed by atoms with Crippen molar-refractivity contribution in [1.82, 2.24) is 5.32 Å². The van der Waals surface area contributed by atoms with Crippen molar-refractivity contribution in [2.45, 2.75) is 33.4 Å². The average molecular weight is 352 g/mol. The lowest BCUT2D eigenvalue weighted by Gasteiger charge is -2.14. The van der Waals surface area contributed by atoms with E-state index in [1.807, 2.05) is 19.1 Å². The van der Waals surface area contributed by atoms with Crippen LogP contribution in [-0.2, 0) is 6.54 Å². The van der Waals surface area contributed by atoms with Gasteiger partial charge in [0.25, 0.3) is 0 Å². The van der Waals surface area contributed by atoms with Crippen LogP contribution >= 0.6 is 15.9 Å². The summed E-state index contributed by atoms with van der Waals surface area (Å²) < 4.78 is 19.8. The van der Waals surface area contributed by atoms with Crippen LogP contribution in [0.4, 0.5) is 4.39 Å². The molecule has 0 saturated carbocycles. The van der Waals surface area contributed by atoms with E-state index in [4.69, 9.17) is 4.74 Å². The van der Waals surface area contributed by atoms with Crippen LogP contribution in [0.25, 0.3) is 0 Å². The van der Waals surface area contributed by atoms with Crippen LogP contribution in [0.5, 0.6) is 11.5 Å². The van der Waals surface area contributed by atoms with Crippen molar-refractivity contribution in [1.29, 1.82) is 0 Å². The molecule has 21 heavy (non-hydrogen) atoms. The predicted molar refractivity (Wildman–Crippen MR) is 87.3 cm³/mol. The molecule has 0 saturated heterocycles. The van der Waals surface area contributed by atoms with Gasteiger partial charge in [0.05, 0.1) is 4.47 Å². The van der Waals surface area contributed by atoms with Gasteiger partial charge in [-0.1, -0.05) is 31.5 Å². The second kappa shape index (κ2) is 7.05. The predicted octanol–water partition coefficient (Wildman–Crippen LogP) is 5.19. The van der Waals surface area contributed by atoms with E-state index in [0.29, 0.717) is 22.8 Å². The fourth-order valence-corrected chi connectivity index (χ4v) is 2.17. The first-order chi connectivity index (χ1) is 9.95. The Labute approximate surface area is 133 Å². The van der Waals surface area contributed by atoms with Gasteiger partial charge in [-0.3, -0.25) is 0 Å². The maximum Gasteiger partial charge on any atom is 0.141 e. The minimum absolute atomic E-state index is 0.332. The van der Waals surface area contributed by atoms with Crippen molar-refractivity contribution in [3.8, 4) is 11.5 Å². The average Bonchev–Trinajstić information content (AvgIpc) is 2.43. The number of hydrogen-bond donors (Lipinski definition) is 1. The maximum atomic E-state index is 13.6. The third-order valence-electron chi connectivity index (χ3n) is 3.04. The van der Waals surface area contributed by atoms with Gasteiger partial charge < -0.3 is 10.1 Å². The summed E-state index contributed by atoms with van der Waals surface area (Å²) in [5, 5.41) is 3.37. The van der Waals surface area contributed by atoms with E-state index in [-0.39, 0.29) is 5.82 Å². The summed E-state index contributed by atoms with van der Waals surface area (Å²) in [6.45, 7) is 6.95. The largest absolute Gasteiger partial charge is 0.457 e. The topological polar surface area (TPSA) is 21.3 Å². The van der Waals surface area contributed by atoms with Crippen molar-refractivity contribution >= 4 is 15.9 Å². The number of hydrogen-bond acceptors (Lipinski definition) is 2. The van der Waals surface area contributed by atoms with E-state index < -0.39 is 0 Å². The fraction of sp³-hybridized carbons (Fsp3) is 0.294. The minimum Gasteiger partial charge on any atom is -0.457 e. The van der Waals surface area contributed by atoms with Gasteiger partial charge in [-0.15, -0.1) is 0 Å². The Morgan fingerprint density at radius 3 is 2.62 bits per heavy atom. The summed E-state index contributed by atoms with van der Waals surface area (Å²) in [4.78, 5) is 0. The summed E-state index contributed by atoms with van der Waals surface area (Å²) in [5.74, 6) is 0.905. The lowest BCUT2D eigenvalue weighted by atomic mass is 10.1. The Hall–Kier alpha value is -1.39. The normalized spacial score (nSPS) is 11.0. The molecule has 1 N–H and O–H groups in total. The molecule has 0 aromatic heterocycles. The molecular weight excluding hydrogens is 333 g/mol. The SMILES string of the molecule is Cc1ccc(Oc2ccc(Br)c(F)c2)c(CNC(C)C)c1. The molecule has 2 aromatic carbocycles. The summed E-state index contributed by atoms with van der Waals surface area (Å²) >= 11 is 3.14. The van der Waals surface area contributed by atoms with Crippen LogP contribution in [-0.4, -0.2) is 6.04 Å². The van der Waals surface area contributed by atoms with Crippen LogP contribution < -0.4 is 10.1 Å². The minimum atomic E-state index is -0.332. The van der Waals surface area contributed by atoms with E-state index in [1.54, 1.807) is 12.1 Å². The zero-order valence-corrected chi connectivity index (χ0v) is 14.0. The fourth-order valence-electron chi connectivity index (χ4n) is 1.93. The first kappa shape index (κ1) is 16.0. The molecule has 2 nitrogen and oxygen atoms in total. The number of rotatable bonds is 5. The molecule has 0 aliphatic heterocycles. The van der Waals surface area contributed by atoms with Gasteiger partial charge in [0.1, 0.15) is 17.3 Å². The van der Waals surface area contributed by atoms with Gasteiger partial charge in [0, 0.05) is 24.2 Å². The first-order valence-corrected chi connectivity index (χ1v) is 7.71. The zero-order valence-electron chi connectivity index (χ0n) is 12.4. The molecule has 0 bridgehead atoms. The third-order valence-corrected chi connectivity index (χ3v) is 3.68. The molecular formula is C17H19BrFNO. The number of ether oxygens (including phenoxy) is 1. The first-order valence-electron chi connectivity index (χ1n) is 6.91. The summed E-state index contributed by atoms with van der Waals surface area (Å²) in [7, 11) is 0. The second-order valence-electron chi connectivity index (χ2n) is 5.32. The molecule has 0 heterocycles. The molecule has 0 aliphatic carbocycles. The van der Waals surface area contributed by atoms with Gasteiger partial charge in [-0.25, -0.2) is 4.39 Å². The van der Waals surface area contributed by atoms with Gasteiger partial charge in [0.15, 0.2) is 0 Å². The van der Waals surface area contributed by atoms with Gasteiger partial charge in [-0.2, -0.15) is 0 Å². The Balaban J connectivity index is 2.23. The summed E-state index contributed by atoms with van der Waals surface area (Å²) in [5.41, 5.74) is 2.23. The Bertz CT molecular complexity index is 628. The lowest BCUT2D eigenvalue weighted by Crippen LogP contribution is -2.22. The van der Waals surface area contributed by atoms with Crippen molar-refractivity contribution in [3.05, 3.63) is 57.8 Å². The monoisotopic (exact) mass is 351 g/mol. The summed E-state index contributed by atoms with van der Waals surface area (Å²) in [6, 6.07) is 11.2. The van der Waals surface area contributed by atoms with E-state index in [0.717, 1.165) is 11.3 Å². The van der Waals surface area contributed by atoms with Gasteiger partial charge in [-0.05, 0) is 41.1 Å². The molecule has 0 atom stereocenters. The molecule has 2 rings (SSSR count). The second-order valence-corrected chi connectivity index (χ2v) is 6.18. The third kappa shape index (κ3) is 4.55. The van der Waals surface area contributed by atoms with Gasteiger partial charge in [0.2, 0.25) is 0 Å². The number of aryl methyl sites for hydroxylation is 1. The highest BCUT2D eigenvalue weighted by atomic mass is 79.9. The molecule has 0 amide bonds. The summed E-state index contributed by atoms with van der Waals surface area (Å²) in [6.07, 6.45) is 0. The zero-order chi connectivity index (χ0) is 15.4. The van der Waals surface area contributed by atoms with E-state index in [1.165, 1.54) is 11.6 Å². The van der Waals surface area contributed by atoms with E-state index >= 15 is 0 Å². The molecule has 0 aliphatic rings. The Kier molecular flexibility index (Phi) is 5.37. The quantitative estimate of drug-likeness (QED) is 0.800. The molecule has 0 radical (unpaired) electrons. The van der Waals surface area contributed by atoms with Crippen LogP contribution in [0.3, 0.4) is 0 Å². The number of halogens is 2. The molecule has 0 unspecified atom stereocenters. The highest BCUT2D eigenvalue weighted by Gasteiger charge is 2.08. The highest BCUT2D eigenvalue weighted by molar-refractivity contribution is 9.10. The van der Waals surface area contributed by atoms with Crippen LogP contribution in [0.2, 0.25) is 0 Å². The highest BCUT2D eigenvalue weighted by Crippen LogP contribution is 2.28. The van der Waals surface area contributed by atoms with Crippen molar-refractivity contribution in [2.75, 3.05) is 0 Å². The smallest absolute Gasteiger partial charge is 0.141 e. The number of nitrogens with one attached hydrogen (secondary N) is 1. The van der Waals surface area contributed by atoms with E-state index in [2.05, 4.69) is 41.2 Å². The number of benzene rings is 2. The Morgan fingerprint density at radius 1 is 1.19 bits per heavy atom. The van der Waals surface area contributed by atoms with Crippen molar-refractivity contribution in [3.63, 3.8) is 0 Å². The standard InChI is InChI=1S/C17H19BrFNO/c1-11(2)20-10-13-8-12(3)4-7-17(13)21-14-5-6-15(18)16(19)9-14/h4-9,11,20H,10H2,1-3H3. The molecule has 0 fully saturated rings. The van der Waals surface area contributed by atoms with Crippen LogP contribution in [0, 0.1) is 12.7 Å². The molecule has 2 aromatic rings. The van der Waals surface area contributed by atoms with Crippen LogP contribution in [0.15, 0.2) is 40.9 Å². The van der Waals surface area contributed by atoms with Crippen molar-refractivity contribution < 1.29 is 9.13 Å². The van der Waals surface area contributed by atoms with Crippen LogP contribution in [0.1, 0.15) is 25.0 Å². The van der Waals surface area contributed by atoms with Crippen molar-refractivity contribution in [2.24, 2.45) is 0 Å². The molecule has 112 valence electrons. The maximum absolute atomic E-state index is 13.6.